The molecule has 0 aliphatic heterocycles. The number of aliphatic hydroxyl groups is 1. The van der Waals surface area contributed by atoms with Crippen LogP contribution in [0.25, 0.3) is 0 Å². The predicted octanol–water partition coefficient (Wildman–Crippen LogP) is 12.4. The van der Waals surface area contributed by atoms with Crippen molar-refractivity contribution in [2.75, 3.05) is 0 Å². The molecule has 1 rings (SSSR count). The Balaban J connectivity index is 2.61. The van der Waals surface area contributed by atoms with Gasteiger partial charge >= 0.3 is 0 Å². The predicted molar refractivity (Wildman–Crippen MR) is 208 cm³/mol. The van der Waals surface area contributed by atoms with Gasteiger partial charge in [0.1, 0.15) is 5.60 Å². The van der Waals surface area contributed by atoms with E-state index in [2.05, 4.69) is 134 Å². The first-order valence-electron chi connectivity index (χ1n) is 16.8. The highest BCUT2D eigenvalue weighted by Crippen LogP contribution is 2.40. The lowest BCUT2D eigenvalue weighted by molar-refractivity contribution is -0.128. The summed E-state index contributed by atoms with van der Waals surface area (Å²) in [6.07, 6.45) is 44.6. The molecule has 0 aromatic heterocycles. The molecule has 0 unspecified atom stereocenters. The van der Waals surface area contributed by atoms with Crippen molar-refractivity contribution >= 4 is 5.78 Å². The van der Waals surface area contributed by atoms with Crippen molar-refractivity contribution in [1.82, 2.24) is 0 Å². The highest BCUT2D eigenvalue weighted by Gasteiger charge is 2.26. The molecule has 0 saturated carbocycles. The largest absolute Gasteiger partial charge is 0.382 e. The molecule has 0 saturated heterocycles. The summed E-state index contributed by atoms with van der Waals surface area (Å²) in [5, 5.41) is 9.71. The molecule has 1 aliphatic rings. The van der Waals surface area contributed by atoms with Crippen LogP contribution in [0.3, 0.4) is 0 Å². The normalized spacial score (nSPS) is 18.7. The zero-order valence-corrected chi connectivity index (χ0v) is 31.0. The van der Waals surface area contributed by atoms with Crippen LogP contribution in [0.5, 0.6) is 0 Å². The summed E-state index contributed by atoms with van der Waals surface area (Å²) in [5.74, 6) is -0.312. The van der Waals surface area contributed by atoms with Gasteiger partial charge in [-0.25, -0.2) is 0 Å². The van der Waals surface area contributed by atoms with Crippen molar-refractivity contribution in [3.05, 3.63) is 166 Å². The summed E-state index contributed by atoms with van der Waals surface area (Å²) in [6.45, 7) is 22.4. The van der Waals surface area contributed by atoms with Crippen molar-refractivity contribution in [3.8, 4) is 0 Å². The van der Waals surface area contributed by atoms with Gasteiger partial charge in [-0.2, -0.15) is 0 Å². The van der Waals surface area contributed by atoms with Crippen LogP contribution in [0.1, 0.15) is 95.4 Å². The van der Waals surface area contributed by atoms with E-state index in [4.69, 9.17) is 0 Å². The van der Waals surface area contributed by atoms with Crippen LogP contribution >= 0.6 is 0 Å². The Hall–Kier alpha value is -4.01. The molecule has 2 nitrogen and oxygen atoms in total. The molecule has 1 aliphatic carbocycles. The summed E-state index contributed by atoms with van der Waals surface area (Å²) in [7, 11) is 0. The summed E-state index contributed by atoms with van der Waals surface area (Å²) in [6, 6.07) is 0. The van der Waals surface area contributed by atoms with Gasteiger partial charge in [-0.3, -0.25) is 4.79 Å². The third kappa shape index (κ3) is 18.7. The molecule has 0 fully saturated rings. The molecule has 0 atom stereocenters. The van der Waals surface area contributed by atoms with Crippen LogP contribution in [0, 0.1) is 5.41 Å². The molecule has 1 N–H and O–H groups in total. The molecule has 0 aromatic carbocycles. The molecule has 0 bridgehead atoms. The van der Waals surface area contributed by atoms with Crippen LogP contribution in [0.2, 0.25) is 0 Å². The second-order valence-corrected chi connectivity index (χ2v) is 13.8. The molecule has 0 radical (unpaired) electrons. The first-order valence-corrected chi connectivity index (χ1v) is 16.8. The third-order valence-corrected chi connectivity index (χ3v) is 7.86. The van der Waals surface area contributed by atoms with Crippen LogP contribution in [0.4, 0.5) is 0 Å². The van der Waals surface area contributed by atoms with E-state index >= 15 is 0 Å². The summed E-state index contributed by atoms with van der Waals surface area (Å²) in [5.41, 5.74) is 8.80. The van der Waals surface area contributed by atoms with Gasteiger partial charge in [-0.05, 0) is 98.6 Å². The number of carbonyl (C=O) groups excluding carboxylic acids is 1. The standard InChI is InChI=1S/C45H60O2/c1-35(19-12-13-20-36(2)22-16-27-39(5)30-32-42-41(7)29-18-34-44(42,8)9)21-14-23-37(3)24-15-25-38(4)26-17-28-40(6)31-33-43(46)45(10,11)47/h12-17,19-28,30-33,47H,18,29,34H2,1-11H3. The number of allylic oxidation sites excluding steroid dienone is 27. The zero-order chi connectivity index (χ0) is 35.5. The second-order valence-electron chi connectivity index (χ2n) is 13.8. The van der Waals surface area contributed by atoms with Gasteiger partial charge in [-0.15, -0.1) is 0 Å². The van der Waals surface area contributed by atoms with Gasteiger partial charge in [0.15, 0.2) is 5.78 Å². The zero-order valence-electron chi connectivity index (χ0n) is 31.0. The van der Waals surface area contributed by atoms with E-state index in [-0.39, 0.29) is 11.2 Å². The lowest BCUT2D eigenvalue weighted by Crippen LogP contribution is -2.29. The number of hydrogen-bond acceptors (Lipinski definition) is 2. The monoisotopic (exact) mass is 632 g/mol. The smallest absolute Gasteiger partial charge is 0.186 e. The highest BCUT2D eigenvalue weighted by atomic mass is 16.3. The minimum absolute atomic E-state index is 0.274. The average Bonchev–Trinajstić information content (AvgIpc) is 2.97. The molecule has 0 spiro atoms. The molecular formula is C45H60O2. The van der Waals surface area contributed by atoms with Gasteiger partial charge in [0.05, 0.1) is 0 Å². The molecule has 47 heavy (non-hydrogen) atoms. The lowest BCUT2D eigenvalue weighted by Gasteiger charge is -2.32. The lowest BCUT2D eigenvalue weighted by atomic mass is 9.72. The maximum atomic E-state index is 11.8. The summed E-state index contributed by atoms with van der Waals surface area (Å²) < 4.78 is 0. The highest BCUT2D eigenvalue weighted by molar-refractivity contribution is 5.96. The van der Waals surface area contributed by atoms with Gasteiger partial charge < -0.3 is 5.11 Å². The first-order chi connectivity index (χ1) is 22.0. The molecule has 2 heteroatoms. The fraction of sp³-hybridized carbons (Fsp3) is 0.356. The van der Waals surface area contributed by atoms with E-state index in [9.17, 15) is 9.90 Å². The Labute approximate surface area is 287 Å². The van der Waals surface area contributed by atoms with Crippen molar-refractivity contribution in [2.24, 2.45) is 5.41 Å². The van der Waals surface area contributed by atoms with Crippen molar-refractivity contribution in [2.45, 2.75) is 101 Å². The van der Waals surface area contributed by atoms with Crippen molar-refractivity contribution < 1.29 is 9.90 Å². The maximum Gasteiger partial charge on any atom is 0.186 e. The molecule has 0 aromatic rings. The topological polar surface area (TPSA) is 37.3 Å². The molecular weight excluding hydrogens is 572 g/mol. The van der Waals surface area contributed by atoms with E-state index in [1.165, 1.54) is 67.1 Å². The third-order valence-electron chi connectivity index (χ3n) is 7.86. The van der Waals surface area contributed by atoms with Gasteiger partial charge in [-0.1, -0.05) is 168 Å². The molecule has 0 amide bonds. The van der Waals surface area contributed by atoms with Crippen LogP contribution < -0.4 is 0 Å². The van der Waals surface area contributed by atoms with Crippen molar-refractivity contribution in [3.63, 3.8) is 0 Å². The number of ketones is 1. The Bertz CT molecular complexity index is 1500. The molecule has 0 heterocycles. The van der Waals surface area contributed by atoms with E-state index < -0.39 is 5.60 Å². The maximum absolute atomic E-state index is 11.8. The van der Waals surface area contributed by atoms with Gasteiger partial charge in [0, 0.05) is 0 Å². The number of hydrogen-bond donors (Lipinski definition) is 1. The van der Waals surface area contributed by atoms with E-state index in [0.717, 1.165) is 16.7 Å². The number of rotatable bonds is 15. The van der Waals surface area contributed by atoms with E-state index in [0.29, 0.717) is 0 Å². The van der Waals surface area contributed by atoms with Crippen LogP contribution in [-0.4, -0.2) is 16.5 Å². The Morgan fingerprint density at radius 2 is 0.957 bits per heavy atom. The van der Waals surface area contributed by atoms with Crippen LogP contribution in [0.15, 0.2) is 166 Å². The minimum atomic E-state index is -1.34. The van der Waals surface area contributed by atoms with Gasteiger partial charge in [0.2, 0.25) is 0 Å². The Morgan fingerprint density at radius 3 is 1.34 bits per heavy atom. The van der Waals surface area contributed by atoms with Crippen molar-refractivity contribution in [1.29, 1.82) is 0 Å². The molecule has 252 valence electrons. The average molecular weight is 633 g/mol. The fourth-order valence-electron chi connectivity index (χ4n) is 4.79. The second kappa shape index (κ2) is 21.0. The first kappa shape index (κ1) is 41.0. The number of carbonyl (C=O) groups is 1. The van der Waals surface area contributed by atoms with Gasteiger partial charge in [0.25, 0.3) is 0 Å². The SMILES string of the molecule is CC(C=CC=C(C)C=CC=C(C)C=CC=C(C)C=CC(=O)C(C)(C)O)=CC=CC=C(C)C=CC=C(C)C=CC1=C(C)CCCC1(C)C. The Morgan fingerprint density at radius 1 is 0.596 bits per heavy atom. The summed E-state index contributed by atoms with van der Waals surface area (Å²) in [4.78, 5) is 11.8. The summed E-state index contributed by atoms with van der Waals surface area (Å²) >= 11 is 0. The van der Waals surface area contributed by atoms with E-state index in [1.54, 1.807) is 6.08 Å². The fourth-order valence-corrected chi connectivity index (χ4v) is 4.79. The Kier molecular flexibility index (Phi) is 18.3. The quantitative estimate of drug-likeness (QED) is 0.144. The van der Waals surface area contributed by atoms with Crippen LogP contribution in [-0.2, 0) is 4.79 Å². The van der Waals surface area contributed by atoms with E-state index in [1.807, 2.05) is 38.2 Å². The minimum Gasteiger partial charge on any atom is -0.382 e.